The van der Waals surface area contributed by atoms with Crippen molar-refractivity contribution < 1.29 is 43.8 Å². The van der Waals surface area contributed by atoms with Crippen LogP contribution in [0.4, 0.5) is 0 Å². The van der Waals surface area contributed by atoms with Crippen molar-refractivity contribution in [1.82, 2.24) is 15.2 Å². The Bertz CT molecular complexity index is 1310. The third kappa shape index (κ3) is 8.31. The molecule has 0 aromatic heterocycles. The third-order valence-electron chi connectivity index (χ3n) is 10.5. The molecule has 3 saturated heterocycles. The minimum absolute atomic E-state index is 0.0277. The van der Waals surface area contributed by atoms with Gasteiger partial charge in [-0.2, -0.15) is 10.1 Å². The molecule has 3 aliphatic heterocycles. The summed E-state index contributed by atoms with van der Waals surface area (Å²) in [7, 11) is 1.63. The van der Waals surface area contributed by atoms with E-state index in [1.54, 1.807) is 12.2 Å². The van der Waals surface area contributed by atoms with E-state index in [-0.39, 0.29) is 16.7 Å². The molecule has 3 aliphatic rings. The van der Waals surface area contributed by atoms with E-state index in [4.69, 9.17) is 24.3 Å². The van der Waals surface area contributed by atoms with Gasteiger partial charge in [0.05, 0.1) is 34.9 Å². The van der Waals surface area contributed by atoms with Crippen LogP contribution >= 0.6 is 0 Å². The molecule has 0 amide bonds. The van der Waals surface area contributed by atoms with Crippen LogP contribution in [0.2, 0.25) is 0 Å². The van der Waals surface area contributed by atoms with Crippen LogP contribution in [0.25, 0.3) is 0 Å². The van der Waals surface area contributed by atoms with E-state index >= 15 is 0 Å². The van der Waals surface area contributed by atoms with Crippen molar-refractivity contribution >= 4 is 17.9 Å². The molecule has 1 aromatic rings. The average molecular weight is 691 g/mol. The number of carbonyl (C=O) groups excluding carboxylic acids is 3. The van der Waals surface area contributed by atoms with Crippen molar-refractivity contribution in [2.24, 2.45) is 0 Å². The second kappa shape index (κ2) is 13.2. The number of ether oxygens (including phenoxy) is 3. The van der Waals surface area contributed by atoms with E-state index in [1.807, 2.05) is 88.1 Å². The smallest absolute Gasteiger partial charge is 0.338 e. The molecule has 12 heteroatoms. The van der Waals surface area contributed by atoms with E-state index < -0.39 is 69.5 Å². The summed E-state index contributed by atoms with van der Waals surface area (Å²) >= 11 is 0. The van der Waals surface area contributed by atoms with E-state index in [2.05, 4.69) is 0 Å². The Morgan fingerprint density at radius 1 is 0.571 bits per heavy atom. The van der Waals surface area contributed by atoms with Crippen LogP contribution in [0.1, 0.15) is 153 Å². The number of hydrogen-bond acceptors (Lipinski definition) is 11. The summed E-state index contributed by atoms with van der Waals surface area (Å²) in [5.74, 6) is -2.02. The molecule has 0 aliphatic carbocycles. The lowest BCUT2D eigenvalue weighted by Gasteiger charge is -2.52. The number of hydrogen-bond donors (Lipinski definition) is 1. The van der Waals surface area contributed by atoms with E-state index in [1.165, 1.54) is 23.3 Å². The van der Waals surface area contributed by atoms with Crippen molar-refractivity contribution in [2.45, 2.75) is 173 Å². The zero-order valence-corrected chi connectivity index (χ0v) is 31.9. The minimum atomic E-state index is -0.688. The number of hydroxylamine groups is 6. The molecule has 0 saturated carbocycles. The van der Waals surface area contributed by atoms with Crippen LogP contribution in [0, 0.1) is 0 Å². The fourth-order valence-corrected chi connectivity index (χ4v) is 8.92. The van der Waals surface area contributed by atoms with Crippen molar-refractivity contribution in [3.8, 4) is 0 Å². The maximum Gasteiger partial charge on any atom is 0.338 e. The molecule has 1 aromatic carbocycles. The summed E-state index contributed by atoms with van der Waals surface area (Å²) in [5.41, 5.74) is -3.14. The predicted molar refractivity (Wildman–Crippen MR) is 184 cm³/mol. The molecule has 0 atom stereocenters. The first-order chi connectivity index (χ1) is 22.2. The van der Waals surface area contributed by atoms with Gasteiger partial charge in [-0.15, -0.1) is 0 Å². The van der Waals surface area contributed by atoms with Gasteiger partial charge in [-0.05, 0) is 101 Å². The lowest BCUT2D eigenvalue weighted by Crippen LogP contribution is -2.61. The Kier molecular flexibility index (Phi) is 10.5. The van der Waals surface area contributed by atoms with Gasteiger partial charge in [-0.25, -0.2) is 14.4 Å². The van der Waals surface area contributed by atoms with Gasteiger partial charge < -0.3 is 29.5 Å². The molecule has 12 nitrogen and oxygen atoms in total. The summed E-state index contributed by atoms with van der Waals surface area (Å²) in [6.45, 7) is 23.4. The number of rotatable bonds is 7. The van der Waals surface area contributed by atoms with Gasteiger partial charge >= 0.3 is 17.9 Å². The Morgan fingerprint density at radius 2 is 0.837 bits per heavy atom. The normalized spacial score (nSPS) is 25.8. The highest BCUT2D eigenvalue weighted by Crippen LogP contribution is 2.41. The molecule has 4 rings (SSSR count). The maximum absolute atomic E-state index is 13.8. The van der Waals surface area contributed by atoms with Gasteiger partial charge in [-0.1, -0.05) is 5.06 Å². The van der Waals surface area contributed by atoms with Crippen LogP contribution in [0.15, 0.2) is 18.2 Å². The van der Waals surface area contributed by atoms with E-state index in [0.717, 1.165) is 0 Å². The molecule has 0 bridgehead atoms. The summed E-state index contributed by atoms with van der Waals surface area (Å²) in [6.07, 6.45) is 1.28. The standard InChI is InChI=1S/C37H59N3O9/c1-32(2)17-26(18-33(3,4)38(32)44)47-29(41)23-14-24(30(42)48-27-19-34(5,6)39(45)35(7,8)20-27)16-25(15-23)31(43)49-28-21-36(9,10)40(46-13)37(11,12)22-28/h14-16,26-28,44-45H,17-22H2,1-13H3/p+1. The molecule has 276 valence electrons. The van der Waals surface area contributed by atoms with Crippen LogP contribution < -0.4 is 0 Å². The molecular weight excluding hydrogens is 630 g/mol. The Balaban J connectivity index is 1.64. The molecule has 49 heavy (non-hydrogen) atoms. The minimum Gasteiger partial charge on any atom is -0.459 e. The highest BCUT2D eigenvalue weighted by atomic mass is 16.7. The topological polar surface area (TPSA) is 141 Å². The number of esters is 3. The summed E-state index contributed by atoms with van der Waals surface area (Å²) in [4.78, 5) is 47.0. The Morgan fingerprint density at radius 3 is 1.12 bits per heavy atom. The molecular formula is C37H60N3O9+. The molecule has 3 heterocycles. The van der Waals surface area contributed by atoms with E-state index in [9.17, 15) is 19.6 Å². The van der Waals surface area contributed by atoms with Gasteiger partial charge in [0.2, 0.25) is 0 Å². The number of piperidine rings is 3. The molecule has 3 fully saturated rings. The SMILES string of the molecule is CON1C(C)(C)CC(OC(=O)c2cc(C(=O)OC3CC(C)(C)N(O)C(C)(C)C3)cc(C(=O)OC3CC(C)(C)N([OH2+])C(C)(C)C3)c2)CC1(C)C. The maximum atomic E-state index is 13.8. The van der Waals surface area contributed by atoms with Gasteiger partial charge in [0.1, 0.15) is 18.3 Å². The summed E-state index contributed by atoms with van der Waals surface area (Å²) in [6, 6.07) is 4.22. The number of carbonyl (C=O) groups is 3. The summed E-state index contributed by atoms with van der Waals surface area (Å²) < 4.78 is 18.0. The van der Waals surface area contributed by atoms with Crippen molar-refractivity contribution in [2.75, 3.05) is 7.11 Å². The highest BCUT2D eigenvalue weighted by Gasteiger charge is 2.51. The quantitative estimate of drug-likeness (QED) is 0.210. The molecule has 0 spiro atoms. The third-order valence-corrected chi connectivity index (χ3v) is 10.5. The van der Waals surface area contributed by atoms with Crippen molar-refractivity contribution in [3.63, 3.8) is 0 Å². The monoisotopic (exact) mass is 690 g/mol. The van der Waals surface area contributed by atoms with E-state index in [0.29, 0.717) is 38.5 Å². The molecule has 3 N–H and O–H groups in total. The Hall–Kier alpha value is -2.61. The summed E-state index contributed by atoms with van der Waals surface area (Å²) in [5, 5.41) is 24.1. The number of nitrogens with zero attached hydrogens (tertiary/aromatic N) is 3. The van der Waals surface area contributed by atoms with Gasteiger partial charge in [0, 0.05) is 60.7 Å². The Labute approximate surface area is 291 Å². The number of benzene rings is 1. The first-order valence-electron chi connectivity index (χ1n) is 17.3. The van der Waals surface area contributed by atoms with Crippen LogP contribution in [0.5, 0.6) is 0 Å². The fraction of sp³-hybridized carbons (Fsp3) is 0.757. The highest BCUT2D eigenvalue weighted by molar-refractivity contribution is 6.00. The second-order valence-corrected chi connectivity index (χ2v) is 18.1. The van der Waals surface area contributed by atoms with Crippen LogP contribution in [-0.2, 0) is 19.0 Å². The van der Waals surface area contributed by atoms with Gasteiger partial charge in [0.15, 0.2) is 0 Å². The molecule has 0 radical (unpaired) electrons. The van der Waals surface area contributed by atoms with Crippen molar-refractivity contribution in [1.29, 1.82) is 0 Å². The first kappa shape index (κ1) is 39.2. The first-order valence-corrected chi connectivity index (χ1v) is 17.3. The van der Waals surface area contributed by atoms with Crippen molar-refractivity contribution in [3.05, 3.63) is 34.9 Å². The zero-order valence-electron chi connectivity index (χ0n) is 31.9. The fourth-order valence-electron chi connectivity index (χ4n) is 8.92. The van der Waals surface area contributed by atoms with Gasteiger partial charge in [0.25, 0.3) is 0 Å². The lowest BCUT2D eigenvalue weighted by molar-refractivity contribution is -0.276. The average Bonchev–Trinajstić information content (AvgIpc) is 2.92. The predicted octanol–water partition coefficient (Wildman–Crippen LogP) is 5.81. The largest absolute Gasteiger partial charge is 0.459 e. The lowest BCUT2D eigenvalue weighted by atomic mass is 9.80. The molecule has 0 unspecified atom stereocenters. The van der Waals surface area contributed by atoms with Gasteiger partial charge in [-0.3, -0.25) is 0 Å². The van der Waals surface area contributed by atoms with Crippen LogP contribution in [0.3, 0.4) is 0 Å². The second-order valence-electron chi connectivity index (χ2n) is 18.1. The van der Waals surface area contributed by atoms with Crippen LogP contribution in [-0.4, -0.2) is 102 Å². The zero-order chi connectivity index (χ0) is 37.1.